The van der Waals surface area contributed by atoms with Crippen molar-refractivity contribution in [3.05, 3.63) is 42.0 Å². The summed E-state index contributed by atoms with van der Waals surface area (Å²) < 4.78 is 4.63. The monoisotopic (exact) mass is 173 g/mol. The average Bonchev–Trinajstić information content (AvgIpc) is 2.15. The number of allylic oxidation sites excluding steroid dienone is 1. The zero-order chi connectivity index (χ0) is 9.68. The molecule has 1 aromatic carbocycles. The summed E-state index contributed by atoms with van der Waals surface area (Å²) in [5.74, 6) is 0. The third-order valence-electron chi connectivity index (χ3n) is 1.72. The van der Waals surface area contributed by atoms with Crippen LogP contribution in [-0.2, 0) is 11.3 Å². The lowest BCUT2D eigenvalue weighted by molar-refractivity contribution is 0.257. The molecule has 0 aliphatic heterocycles. The lowest BCUT2D eigenvalue weighted by atomic mass is 10.1. The van der Waals surface area contributed by atoms with Crippen LogP contribution in [0, 0.1) is 11.5 Å². The molecule has 1 aromatic rings. The van der Waals surface area contributed by atoms with E-state index < -0.39 is 0 Å². The van der Waals surface area contributed by atoms with Crippen LogP contribution in [0.2, 0.25) is 0 Å². The quantitative estimate of drug-likeness (QED) is 0.658. The first-order chi connectivity index (χ1) is 6.24. The lowest BCUT2D eigenvalue weighted by Gasteiger charge is -2.02. The van der Waals surface area contributed by atoms with Crippen LogP contribution in [-0.4, -0.2) is 0 Å². The summed E-state index contributed by atoms with van der Waals surface area (Å²) in [7, 11) is 0. The van der Waals surface area contributed by atoms with E-state index in [0.717, 1.165) is 16.7 Å². The van der Waals surface area contributed by atoms with Crippen LogP contribution in [0.25, 0.3) is 5.57 Å². The van der Waals surface area contributed by atoms with Crippen LogP contribution in [0.4, 0.5) is 0 Å². The second-order valence-corrected chi connectivity index (χ2v) is 2.86. The van der Waals surface area contributed by atoms with E-state index in [2.05, 4.69) is 11.3 Å². The molecule has 66 valence electrons. The number of rotatable bonds is 3. The molecule has 0 bridgehead atoms. The molecule has 1 rings (SSSR count). The largest absolute Gasteiger partial charge is 0.423 e. The summed E-state index contributed by atoms with van der Waals surface area (Å²) in [6.45, 7) is 6.12. The SMILES string of the molecule is C=C(C)c1cccc(COC#N)c1. The highest BCUT2D eigenvalue weighted by Gasteiger charge is 1.96. The van der Waals surface area contributed by atoms with E-state index in [1.54, 1.807) is 6.26 Å². The van der Waals surface area contributed by atoms with Crippen LogP contribution < -0.4 is 0 Å². The molecule has 0 radical (unpaired) electrons. The van der Waals surface area contributed by atoms with Gasteiger partial charge >= 0.3 is 0 Å². The minimum atomic E-state index is 0.331. The van der Waals surface area contributed by atoms with E-state index >= 15 is 0 Å². The van der Waals surface area contributed by atoms with E-state index in [9.17, 15) is 0 Å². The maximum absolute atomic E-state index is 8.22. The number of ether oxygens (including phenoxy) is 1. The van der Waals surface area contributed by atoms with Gasteiger partial charge in [0.15, 0.2) is 0 Å². The number of nitrogens with zero attached hydrogens (tertiary/aromatic N) is 1. The van der Waals surface area contributed by atoms with E-state index in [0.29, 0.717) is 6.61 Å². The Bertz CT molecular complexity index is 349. The molecule has 13 heavy (non-hydrogen) atoms. The Morgan fingerprint density at radius 2 is 2.38 bits per heavy atom. The molecular formula is C11H11NO. The van der Waals surface area contributed by atoms with Gasteiger partial charge in [-0.05, 0) is 24.1 Å². The molecule has 0 aliphatic rings. The Morgan fingerprint density at radius 1 is 1.62 bits per heavy atom. The molecule has 0 spiro atoms. The first kappa shape index (κ1) is 9.34. The van der Waals surface area contributed by atoms with Crippen molar-refractivity contribution in [2.75, 3.05) is 0 Å². The maximum Gasteiger partial charge on any atom is 0.286 e. The van der Waals surface area contributed by atoms with Crippen molar-refractivity contribution in [3.8, 4) is 6.26 Å². The van der Waals surface area contributed by atoms with Crippen molar-refractivity contribution in [2.45, 2.75) is 13.5 Å². The van der Waals surface area contributed by atoms with Gasteiger partial charge in [-0.1, -0.05) is 30.4 Å². The van der Waals surface area contributed by atoms with Gasteiger partial charge in [-0.3, -0.25) is 0 Å². The molecule has 0 saturated carbocycles. The van der Waals surface area contributed by atoms with Gasteiger partial charge in [0, 0.05) is 0 Å². The van der Waals surface area contributed by atoms with Crippen LogP contribution in [0.3, 0.4) is 0 Å². The highest BCUT2D eigenvalue weighted by molar-refractivity contribution is 5.61. The molecule has 0 aliphatic carbocycles. The molecule has 0 unspecified atom stereocenters. The Kier molecular flexibility index (Phi) is 3.10. The highest BCUT2D eigenvalue weighted by Crippen LogP contribution is 2.13. The van der Waals surface area contributed by atoms with Gasteiger partial charge in [0.2, 0.25) is 0 Å². The standard InChI is InChI=1S/C11H11NO/c1-9(2)11-5-3-4-10(6-11)7-13-8-12/h3-6H,1,7H2,2H3. The zero-order valence-electron chi connectivity index (χ0n) is 7.58. The van der Waals surface area contributed by atoms with Gasteiger partial charge in [0.05, 0.1) is 0 Å². The molecule has 0 N–H and O–H groups in total. The highest BCUT2D eigenvalue weighted by atomic mass is 16.5. The molecule has 0 saturated heterocycles. The van der Waals surface area contributed by atoms with Gasteiger partial charge in [-0.15, -0.1) is 0 Å². The summed E-state index contributed by atoms with van der Waals surface area (Å²) in [5.41, 5.74) is 3.08. The van der Waals surface area contributed by atoms with E-state index in [4.69, 9.17) is 5.26 Å². The molecule has 0 aromatic heterocycles. The predicted molar refractivity (Wildman–Crippen MR) is 51.6 cm³/mol. The smallest absolute Gasteiger partial charge is 0.286 e. The van der Waals surface area contributed by atoms with Gasteiger partial charge in [-0.25, -0.2) is 0 Å². The molecule has 0 atom stereocenters. The number of hydrogen-bond donors (Lipinski definition) is 0. The Morgan fingerprint density at radius 3 is 3.00 bits per heavy atom. The summed E-state index contributed by atoms with van der Waals surface area (Å²) in [6, 6.07) is 7.81. The van der Waals surface area contributed by atoms with Crippen molar-refractivity contribution in [1.82, 2.24) is 0 Å². The zero-order valence-corrected chi connectivity index (χ0v) is 7.58. The van der Waals surface area contributed by atoms with Gasteiger partial charge in [-0.2, -0.15) is 5.26 Å². The first-order valence-corrected chi connectivity index (χ1v) is 3.99. The number of hydrogen-bond acceptors (Lipinski definition) is 2. The van der Waals surface area contributed by atoms with Crippen molar-refractivity contribution in [2.24, 2.45) is 0 Å². The molecule has 0 amide bonds. The van der Waals surface area contributed by atoms with Gasteiger partial charge in [0.1, 0.15) is 6.61 Å². The van der Waals surface area contributed by atoms with Crippen molar-refractivity contribution < 1.29 is 4.74 Å². The number of nitriles is 1. The van der Waals surface area contributed by atoms with Crippen LogP contribution >= 0.6 is 0 Å². The maximum atomic E-state index is 8.22. The predicted octanol–water partition coefficient (Wildman–Crippen LogP) is 2.72. The minimum absolute atomic E-state index is 0.331. The molecule has 2 heteroatoms. The summed E-state index contributed by atoms with van der Waals surface area (Å²) in [5, 5.41) is 8.22. The fraction of sp³-hybridized carbons (Fsp3) is 0.182. The average molecular weight is 173 g/mol. The molecule has 0 fully saturated rings. The summed E-state index contributed by atoms with van der Waals surface area (Å²) in [6.07, 6.45) is 1.64. The Balaban J connectivity index is 2.80. The molecular weight excluding hydrogens is 162 g/mol. The lowest BCUT2D eigenvalue weighted by Crippen LogP contribution is -1.88. The third-order valence-corrected chi connectivity index (χ3v) is 1.72. The van der Waals surface area contributed by atoms with E-state index in [1.165, 1.54) is 0 Å². The molecule has 0 heterocycles. The summed E-state index contributed by atoms with van der Waals surface area (Å²) in [4.78, 5) is 0. The fourth-order valence-electron chi connectivity index (χ4n) is 1.04. The second-order valence-electron chi connectivity index (χ2n) is 2.86. The first-order valence-electron chi connectivity index (χ1n) is 3.99. The molecule has 2 nitrogen and oxygen atoms in total. The number of benzene rings is 1. The van der Waals surface area contributed by atoms with Crippen LogP contribution in [0.15, 0.2) is 30.8 Å². The summed E-state index contributed by atoms with van der Waals surface area (Å²) >= 11 is 0. The van der Waals surface area contributed by atoms with Crippen LogP contribution in [0.1, 0.15) is 18.1 Å². The van der Waals surface area contributed by atoms with Crippen molar-refractivity contribution in [3.63, 3.8) is 0 Å². The second kappa shape index (κ2) is 4.32. The Labute approximate surface area is 78.1 Å². The minimum Gasteiger partial charge on any atom is -0.423 e. The van der Waals surface area contributed by atoms with Gasteiger partial charge in [0.25, 0.3) is 6.26 Å². The van der Waals surface area contributed by atoms with Crippen molar-refractivity contribution in [1.29, 1.82) is 5.26 Å². The Hall–Kier alpha value is -1.75. The normalized spacial score (nSPS) is 8.92. The van der Waals surface area contributed by atoms with Crippen LogP contribution in [0.5, 0.6) is 0 Å². The third kappa shape index (κ3) is 2.64. The fourth-order valence-corrected chi connectivity index (χ4v) is 1.04. The van der Waals surface area contributed by atoms with Gasteiger partial charge < -0.3 is 4.74 Å². The van der Waals surface area contributed by atoms with E-state index in [-0.39, 0.29) is 0 Å². The topological polar surface area (TPSA) is 33.0 Å². The van der Waals surface area contributed by atoms with Crippen molar-refractivity contribution >= 4 is 5.57 Å². The van der Waals surface area contributed by atoms with E-state index in [1.807, 2.05) is 31.2 Å².